The highest BCUT2D eigenvalue weighted by Crippen LogP contribution is 2.72. The zero-order valence-corrected chi connectivity index (χ0v) is 87.1. The molecular weight excluding hydrogens is 1820 g/mol. The van der Waals surface area contributed by atoms with Gasteiger partial charge in [-0.3, -0.25) is 72.7 Å². The molecule has 37 heteroatoms. The van der Waals surface area contributed by atoms with E-state index in [-0.39, 0.29) is 172 Å². The predicted molar refractivity (Wildman–Crippen MR) is 531 cm³/mol. The largest absolute Gasteiger partial charge is 0.383 e. The number of aliphatic hydroxyl groups is 3. The summed E-state index contributed by atoms with van der Waals surface area (Å²) in [5.41, 5.74) is 27.8. The van der Waals surface area contributed by atoms with E-state index in [0.29, 0.717) is 150 Å². The molecule has 7 amide bonds. The lowest BCUT2D eigenvalue weighted by Crippen LogP contribution is -2.56. The van der Waals surface area contributed by atoms with Gasteiger partial charge in [0.05, 0.1) is 102 Å². The molecule has 9 fully saturated rings. The van der Waals surface area contributed by atoms with Crippen LogP contribution in [0.4, 0.5) is 0 Å². The number of hydrogen-bond donors (Lipinski definition) is 11. The van der Waals surface area contributed by atoms with Crippen molar-refractivity contribution in [3.63, 3.8) is 0 Å². The fraction of sp³-hybridized carbons (Fsp3) is 0.781. The van der Waals surface area contributed by atoms with Gasteiger partial charge in [-0.1, -0.05) is 58.3 Å². The van der Waals surface area contributed by atoms with Crippen LogP contribution in [-0.2, 0) is 76.4 Å². The number of allylic oxidation sites excluding steroid dienone is 3. The van der Waals surface area contributed by atoms with Gasteiger partial charge in [0, 0.05) is 155 Å². The maximum absolute atomic E-state index is 14.7. The minimum atomic E-state index is -1.12. The van der Waals surface area contributed by atoms with Crippen LogP contribution in [-0.4, -0.2) is 346 Å². The smallest absolute Gasteiger partial charge is 0.242 e. The van der Waals surface area contributed by atoms with E-state index in [9.17, 15) is 68.1 Å². The summed E-state index contributed by atoms with van der Waals surface area (Å²) in [6.07, 6.45) is 35.1. The Bertz CT molecular complexity index is 4780. The first-order valence-corrected chi connectivity index (χ1v) is 52.9. The Labute approximate surface area is 840 Å². The average Bonchev–Trinajstić information content (AvgIpc) is 1.45. The van der Waals surface area contributed by atoms with Gasteiger partial charge in [-0.2, -0.15) is 0 Å². The normalized spacial score (nSPS) is 32.9. The quantitative estimate of drug-likeness (QED) is 0.0347. The van der Waals surface area contributed by atoms with Gasteiger partial charge in [0.2, 0.25) is 41.4 Å². The first-order valence-electron chi connectivity index (χ1n) is 52.9. The minimum absolute atomic E-state index is 0.0105. The van der Waals surface area contributed by atoms with Crippen molar-refractivity contribution < 1.29 is 91.7 Å². The summed E-state index contributed by atoms with van der Waals surface area (Å²) in [5.74, 6) is 1.81. The number of primary amides is 1. The molecule has 12 N–H and O–H groups in total. The SMILES string of the molecule is COCCN(CC(C)=O)C(=O)CN(CCOC)C(=O)CN(C)CCCN1C=C([C@]2(O)CCC3C4CCC5=CC(=O)CC[C@]5(C)C4CC[C@@]32C)NN1.COCCN(CC(N)=O)C(=O)CN(CCOC)C(=O)CN(CCCN1C=C([C@]2(O)CCC3C4CCC5=CC(=O)CC[C@]5(C)C4CC[C@@]32C)NN1)C(=O)CN(CCOC)C(=O)CNCCCN1C=C([C@]2(O)CCC3C4CCC5=CC(=O)CC[C@]5(C)C4CC[C@@]32C)NN1. The number of amides is 7. The van der Waals surface area contributed by atoms with Gasteiger partial charge in [-0.15, -0.1) is 16.6 Å². The lowest BCUT2D eigenvalue weighted by molar-refractivity contribution is -0.147. The van der Waals surface area contributed by atoms with Gasteiger partial charge in [0.1, 0.15) is 22.6 Å². The number of methoxy groups -OCH3 is 5. The third-order valence-electron chi connectivity index (χ3n) is 37.7. The number of ketones is 4. The van der Waals surface area contributed by atoms with Crippen LogP contribution >= 0.6 is 0 Å². The van der Waals surface area contributed by atoms with E-state index < -0.39 is 53.5 Å². The summed E-state index contributed by atoms with van der Waals surface area (Å²) in [4.78, 5) is 154. The van der Waals surface area contributed by atoms with E-state index in [0.717, 1.165) is 140 Å². The zero-order valence-electron chi connectivity index (χ0n) is 87.1. The monoisotopic (exact) mass is 1990 g/mol. The Morgan fingerprint density at radius 2 is 0.676 bits per heavy atom. The third kappa shape index (κ3) is 22.7. The molecule has 792 valence electrons. The maximum Gasteiger partial charge on any atom is 0.242 e. The molecule has 18 atom stereocenters. The molecule has 0 radical (unpaired) electrons. The lowest BCUT2D eigenvalue weighted by Gasteiger charge is -2.59. The van der Waals surface area contributed by atoms with Crippen LogP contribution in [0.15, 0.2) is 70.6 Å². The summed E-state index contributed by atoms with van der Waals surface area (Å²) in [5, 5.41) is 47.0. The van der Waals surface area contributed by atoms with Gasteiger partial charge in [0.25, 0.3) is 0 Å². The second-order valence-electron chi connectivity index (χ2n) is 45.4. The second-order valence-corrected chi connectivity index (χ2v) is 45.4. The van der Waals surface area contributed by atoms with Gasteiger partial charge in [0.15, 0.2) is 17.3 Å². The molecule has 142 heavy (non-hydrogen) atoms. The second kappa shape index (κ2) is 46.4. The number of ether oxygens (including phenoxy) is 5. The Kier molecular flexibility index (Phi) is 35.7. The molecule has 0 bridgehead atoms. The Morgan fingerprint density at radius 3 is 1.01 bits per heavy atom. The lowest BCUT2D eigenvalue weighted by atomic mass is 9.46. The molecule has 3 aliphatic heterocycles. The highest BCUT2D eigenvalue weighted by molar-refractivity contribution is 5.94. The molecule has 12 aliphatic carbocycles. The van der Waals surface area contributed by atoms with Gasteiger partial charge in [-0.25, -0.2) is 0 Å². The molecule has 9 saturated carbocycles. The van der Waals surface area contributed by atoms with E-state index >= 15 is 0 Å². The molecule has 0 aromatic carbocycles. The van der Waals surface area contributed by atoms with E-state index in [4.69, 9.17) is 29.4 Å². The summed E-state index contributed by atoms with van der Waals surface area (Å²) in [6.45, 7) is 18.3. The van der Waals surface area contributed by atoms with Crippen molar-refractivity contribution in [2.75, 3.05) is 200 Å². The first kappa shape index (κ1) is 109. The Balaban J connectivity index is 0.000000265. The van der Waals surface area contributed by atoms with E-state index in [1.165, 1.54) is 81.5 Å². The molecule has 15 rings (SSSR count). The molecule has 0 aromatic rings. The molecule has 0 aromatic heterocycles. The molecular formula is C105H168N18O19. The number of hydrogen-bond acceptors (Lipinski definition) is 30. The molecule has 15 aliphatic rings. The molecule has 9 unspecified atom stereocenters. The number of hydrazine groups is 6. The molecule has 3 heterocycles. The zero-order chi connectivity index (χ0) is 102. The Morgan fingerprint density at radius 1 is 0.380 bits per heavy atom. The van der Waals surface area contributed by atoms with Crippen LogP contribution in [0.1, 0.15) is 222 Å². The van der Waals surface area contributed by atoms with Gasteiger partial charge in [-0.05, 0) is 262 Å². The van der Waals surface area contributed by atoms with Crippen molar-refractivity contribution in [1.82, 2.24) is 87.5 Å². The summed E-state index contributed by atoms with van der Waals surface area (Å²) < 4.78 is 26.2. The van der Waals surface area contributed by atoms with E-state index in [1.807, 2.05) is 63.8 Å². The van der Waals surface area contributed by atoms with Crippen LogP contribution in [0.3, 0.4) is 0 Å². The number of nitrogens with zero attached hydrogens (tertiary/aromatic N) is 10. The highest BCUT2D eigenvalue weighted by atomic mass is 16.5. The Hall–Kier alpha value is -8.31. The van der Waals surface area contributed by atoms with E-state index in [1.54, 1.807) is 7.11 Å². The fourth-order valence-corrected chi connectivity index (χ4v) is 29.4. The molecule has 0 saturated heterocycles. The molecule has 0 spiro atoms. The number of rotatable bonds is 46. The number of nitrogens with two attached hydrogens (primary N) is 1. The fourth-order valence-electron chi connectivity index (χ4n) is 29.4. The van der Waals surface area contributed by atoms with Crippen molar-refractivity contribution in [2.45, 2.75) is 239 Å². The van der Waals surface area contributed by atoms with Gasteiger partial charge >= 0.3 is 0 Å². The number of likely N-dealkylation sites (N-methyl/N-ethyl adjacent to an activating group) is 1. The average molecular weight is 1990 g/mol. The first-order chi connectivity index (χ1) is 67.7. The highest BCUT2D eigenvalue weighted by Gasteiger charge is 2.70. The standard InChI is InChI=1S/C67H106N12O12.C38H62N6O7/c1-62-20-14-47(80)36-45(62)10-12-49-51(62)16-22-64(3)53(49)18-24-66(64,87)55-39-78(72-70-55)28-8-26-69-38-58(83)76(31-34-90-6)43-59(84)74(42-61(86)77(32-35-91-7)44-60(85)75(30-33-89-5)41-57(68)82)27-9-29-79-40-56(71-73-79)67(88)25-19-54-50-13-11-46-37-48(81)15-21-63(46,2)52(50)17-23-65(54,67)4;1-27(45)23-42(18-20-50-5)35(48)26-43(19-21-51-6)34(47)25-41(4)16-7-17-44-24-33(39-40-44)38(49)15-12-32-30-9-8-28-22-29(46)10-13-36(28,2)31(30)11-14-37(32,38)3/h36-37,39-40,49-54,69-73,87-88H,8-35,38,41-44H2,1-7H3,(H2,68,82);22,24,30-32,39-40,49H,7-21,23,25-26H2,1-6H3/t49?,50?,51?,52?,53?,54?,62-,63-,64-,65-,66+,67+;30?,31?,32?,36-,37-,38+/m00/s1. The van der Waals surface area contributed by atoms with E-state index in [2.05, 4.69) is 79.7 Å². The van der Waals surface area contributed by atoms with Crippen molar-refractivity contribution in [3.05, 3.63) is 70.6 Å². The molecule has 37 nitrogen and oxygen atoms in total. The topological polar surface area (TPSA) is 437 Å². The van der Waals surface area contributed by atoms with Crippen molar-refractivity contribution in [1.29, 1.82) is 0 Å². The number of Topliss-reactive ketones (excluding diaryl/α,β-unsaturated/α-hetero) is 1. The van der Waals surface area contributed by atoms with Crippen LogP contribution in [0.2, 0.25) is 0 Å². The minimum Gasteiger partial charge on any atom is -0.383 e. The number of carbonyl (C=O) groups is 11. The van der Waals surface area contributed by atoms with Gasteiger partial charge < -0.3 is 95.7 Å². The third-order valence-corrected chi connectivity index (χ3v) is 37.7. The number of carbonyl (C=O) groups excluding carboxylic acids is 11. The van der Waals surface area contributed by atoms with Crippen molar-refractivity contribution in [2.24, 2.45) is 91.5 Å². The summed E-state index contributed by atoms with van der Waals surface area (Å²) in [6, 6.07) is 0. The van der Waals surface area contributed by atoms with Crippen LogP contribution in [0.25, 0.3) is 0 Å². The van der Waals surface area contributed by atoms with Crippen LogP contribution < -0.4 is 43.9 Å². The number of fused-ring (bicyclic) bond motifs is 15. The number of nitrogens with one attached hydrogen (secondary N) is 7. The van der Waals surface area contributed by atoms with Crippen molar-refractivity contribution in [3.8, 4) is 0 Å². The van der Waals surface area contributed by atoms with Crippen LogP contribution in [0, 0.1) is 85.8 Å². The summed E-state index contributed by atoms with van der Waals surface area (Å²) >= 11 is 0. The summed E-state index contributed by atoms with van der Waals surface area (Å²) in [7, 11) is 9.44. The van der Waals surface area contributed by atoms with Crippen LogP contribution in [0.5, 0.6) is 0 Å². The maximum atomic E-state index is 14.7. The predicted octanol–water partition coefficient (Wildman–Crippen LogP) is 5.23. The van der Waals surface area contributed by atoms with Crippen molar-refractivity contribution >= 4 is 64.5 Å².